The molecule has 0 aromatic heterocycles. The van der Waals surface area contributed by atoms with E-state index < -0.39 is 16.6 Å². The van der Waals surface area contributed by atoms with Crippen LogP contribution >= 0.6 is 0 Å². The Morgan fingerprint density at radius 1 is 0.462 bits per heavy atom. The Bertz CT molecular complexity index is 108. The molecule has 0 bridgehead atoms. The van der Waals surface area contributed by atoms with E-state index in [2.05, 4.69) is 55.4 Å². The first kappa shape index (κ1) is 13.7. The van der Waals surface area contributed by atoms with E-state index in [0.717, 1.165) is 16.9 Å². The average molecular weight is 220 g/mol. The monoisotopic (exact) mass is 220 g/mol. The zero-order chi connectivity index (χ0) is 10.8. The minimum absolute atomic E-state index is 0.958. The molecule has 0 radical (unpaired) electrons. The van der Waals surface area contributed by atoms with Gasteiger partial charge in [0.2, 0.25) is 0 Å². The molecule has 0 atom stereocenters. The Kier molecular flexibility index (Phi) is 5.26. The van der Waals surface area contributed by atoms with Crippen LogP contribution in [0.15, 0.2) is 0 Å². The van der Waals surface area contributed by atoms with Gasteiger partial charge in [-0.2, -0.15) is 0 Å². The van der Waals surface area contributed by atoms with Gasteiger partial charge in [0.05, 0.1) is 0 Å². The van der Waals surface area contributed by atoms with E-state index in [4.69, 9.17) is 0 Å². The molecule has 1 heteroatoms. The molecule has 0 N–H and O–H groups in total. The molecule has 0 nitrogen and oxygen atoms in total. The quantitative estimate of drug-likeness (QED) is 0.552. The number of rotatable bonds is 4. The van der Waals surface area contributed by atoms with E-state index in [9.17, 15) is 0 Å². The Hall–Kier alpha value is 0.714. The van der Waals surface area contributed by atoms with E-state index in [1.165, 1.54) is 0 Å². The third-order valence-electron chi connectivity index (χ3n) is 4.00. The Morgan fingerprint density at radius 2 is 0.615 bits per heavy atom. The molecule has 80 valence electrons. The molecule has 0 saturated heterocycles. The van der Waals surface area contributed by atoms with Gasteiger partial charge in [-0.25, -0.2) is 0 Å². The SMILES string of the molecule is C[CH](C)[Ti]([CH](C)C)([CH](C)C)[CH](C)C. The predicted octanol–water partition coefficient (Wildman–Crippen LogP) is 5.45. The van der Waals surface area contributed by atoms with Crippen LogP contribution in [-0.2, 0) is 16.6 Å². The molecular formula is C12H28Ti. The van der Waals surface area contributed by atoms with Gasteiger partial charge in [0, 0.05) is 0 Å². The molecule has 0 unspecified atom stereocenters. The second-order valence-electron chi connectivity index (χ2n) is 5.62. The number of hydrogen-bond donors (Lipinski definition) is 0. The fraction of sp³-hybridized carbons (Fsp3) is 1.00. The van der Waals surface area contributed by atoms with Crippen LogP contribution < -0.4 is 0 Å². The van der Waals surface area contributed by atoms with Crippen LogP contribution in [0.5, 0.6) is 0 Å². The molecule has 0 fully saturated rings. The van der Waals surface area contributed by atoms with Crippen molar-refractivity contribution in [1.82, 2.24) is 0 Å². The third-order valence-corrected chi connectivity index (χ3v) is 16.5. The summed E-state index contributed by atoms with van der Waals surface area (Å²) in [5, 5.41) is 0. The van der Waals surface area contributed by atoms with E-state index >= 15 is 0 Å². The molecule has 0 aliphatic rings. The van der Waals surface area contributed by atoms with Crippen molar-refractivity contribution in [2.24, 2.45) is 0 Å². The topological polar surface area (TPSA) is 0 Å². The summed E-state index contributed by atoms with van der Waals surface area (Å²) >= 11 is -1.67. The second-order valence-corrected chi connectivity index (χ2v) is 16.0. The van der Waals surface area contributed by atoms with Gasteiger partial charge in [-0.1, -0.05) is 0 Å². The van der Waals surface area contributed by atoms with Crippen molar-refractivity contribution in [3.05, 3.63) is 0 Å². The number of hydrogen-bond acceptors (Lipinski definition) is 0. The molecule has 0 heterocycles. The van der Waals surface area contributed by atoms with Crippen LogP contribution in [0.25, 0.3) is 0 Å². The maximum atomic E-state index is 2.46. The van der Waals surface area contributed by atoms with Crippen molar-refractivity contribution in [1.29, 1.82) is 0 Å². The van der Waals surface area contributed by atoms with Gasteiger partial charge in [0.25, 0.3) is 0 Å². The molecule has 0 amide bonds. The van der Waals surface area contributed by atoms with E-state index in [0.29, 0.717) is 0 Å². The van der Waals surface area contributed by atoms with Gasteiger partial charge >= 0.3 is 88.9 Å². The van der Waals surface area contributed by atoms with Crippen LogP contribution in [0.3, 0.4) is 0 Å². The zero-order valence-corrected chi connectivity index (χ0v) is 12.4. The fourth-order valence-corrected chi connectivity index (χ4v) is 16.5. The van der Waals surface area contributed by atoms with Crippen LogP contribution in [0, 0.1) is 0 Å². The molecule has 0 aliphatic carbocycles. The Balaban J connectivity index is 5.06. The Morgan fingerprint density at radius 3 is 0.615 bits per heavy atom. The molecule has 0 saturated carbocycles. The van der Waals surface area contributed by atoms with Gasteiger partial charge in [-0.05, 0) is 0 Å². The average Bonchev–Trinajstić information content (AvgIpc) is 1.82. The van der Waals surface area contributed by atoms with Crippen molar-refractivity contribution in [3.63, 3.8) is 0 Å². The maximum absolute atomic E-state index is 2.46. The zero-order valence-electron chi connectivity index (χ0n) is 10.8. The first-order valence-electron chi connectivity index (χ1n) is 5.77. The van der Waals surface area contributed by atoms with Crippen molar-refractivity contribution in [3.8, 4) is 0 Å². The molecular weight excluding hydrogens is 192 g/mol. The summed E-state index contributed by atoms with van der Waals surface area (Å²) in [5.74, 6) is 0. The predicted molar refractivity (Wildman–Crippen MR) is 60.4 cm³/mol. The standard InChI is InChI=1S/4C3H7.Ti/c4*1-3-2;/h4*3H,1-2H3;. The van der Waals surface area contributed by atoms with Crippen LogP contribution in [-0.4, -0.2) is 0 Å². The van der Waals surface area contributed by atoms with Crippen molar-refractivity contribution in [2.75, 3.05) is 0 Å². The van der Waals surface area contributed by atoms with Gasteiger partial charge < -0.3 is 0 Å². The molecule has 0 aromatic carbocycles. The van der Waals surface area contributed by atoms with Crippen LogP contribution in [0.1, 0.15) is 55.4 Å². The van der Waals surface area contributed by atoms with Gasteiger partial charge in [0.1, 0.15) is 0 Å². The van der Waals surface area contributed by atoms with Crippen molar-refractivity contribution < 1.29 is 16.6 Å². The third kappa shape index (κ3) is 2.39. The first-order valence-corrected chi connectivity index (χ1v) is 9.38. The summed E-state index contributed by atoms with van der Waals surface area (Å²) < 4.78 is 3.83. The van der Waals surface area contributed by atoms with Gasteiger partial charge in [-0.3, -0.25) is 0 Å². The van der Waals surface area contributed by atoms with Gasteiger partial charge in [0.15, 0.2) is 0 Å². The first-order chi connectivity index (χ1) is 5.77. The van der Waals surface area contributed by atoms with E-state index in [-0.39, 0.29) is 0 Å². The van der Waals surface area contributed by atoms with Gasteiger partial charge in [-0.15, -0.1) is 0 Å². The molecule has 0 rings (SSSR count). The molecule has 0 aliphatic heterocycles. The van der Waals surface area contributed by atoms with Crippen molar-refractivity contribution >= 4 is 0 Å². The van der Waals surface area contributed by atoms with Crippen molar-refractivity contribution in [2.45, 2.75) is 72.3 Å². The summed E-state index contributed by atoms with van der Waals surface area (Å²) in [6.45, 7) is 19.7. The molecule has 13 heavy (non-hydrogen) atoms. The van der Waals surface area contributed by atoms with E-state index in [1.54, 1.807) is 0 Å². The summed E-state index contributed by atoms with van der Waals surface area (Å²) in [7, 11) is 0. The van der Waals surface area contributed by atoms with Crippen LogP contribution in [0.4, 0.5) is 0 Å². The normalized spacial score (nSPS) is 13.8. The second kappa shape index (κ2) is 4.98. The summed E-state index contributed by atoms with van der Waals surface area (Å²) in [5.41, 5.74) is 0. The summed E-state index contributed by atoms with van der Waals surface area (Å²) in [6, 6.07) is 0. The van der Waals surface area contributed by atoms with Crippen LogP contribution in [0.2, 0.25) is 16.9 Å². The summed E-state index contributed by atoms with van der Waals surface area (Å²) in [6.07, 6.45) is 0. The minimum atomic E-state index is -1.67. The van der Waals surface area contributed by atoms with E-state index in [1.807, 2.05) is 0 Å². The molecule has 0 spiro atoms. The Labute approximate surface area is 88.9 Å². The fourth-order valence-electron chi connectivity index (χ4n) is 4.00. The molecule has 0 aromatic rings. The summed E-state index contributed by atoms with van der Waals surface area (Å²) in [4.78, 5) is 0.